The molecule has 34 heavy (non-hydrogen) atoms. The fourth-order valence-corrected chi connectivity index (χ4v) is 4.70. The molecule has 0 aliphatic heterocycles. The largest absolute Gasteiger partial charge is 0.436 e. The molecule has 1 heterocycles. The van der Waals surface area contributed by atoms with Gasteiger partial charge in [-0.2, -0.15) is 0 Å². The predicted molar refractivity (Wildman–Crippen MR) is 143 cm³/mol. The van der Waals surface area contributed by atoms with Crippen LogP contribution in [0.25, 0.3) is 33.3 Å². The quantitative estimate of drug-likeness (QED) is 0.255. The highest BCUT2D eigenvalue weighted by molar-refractivity contribution is 9.10. The number of hydrogen-bond acceptors (Lipinski definition) is 4. The van der Waals surface area contributed by atoms with Crippen LogP contribution in [0, 0.1) is 0 Å². The van der Waals surface area contributed by atoms with Crippen LogP contribution in [-0.4, -0.2) is 24.0 Å². The highest BCUT2D eigenvalue weighted by Gasteiger charge is 2.14. The van der Waals surface area contributed by atoms with Crippen molar-refractivity contribution in [1.82, 2.24) is 4.98 Å². The van der Waals surface area contributed by atoms with E-state index in [-0.39, 0.29) is 5.91 Å². The van der Waals surface area contributed by atoms with Crippen molar-refractivity contribution in [2.75, 3.05) is 23.3 Å². The zero-order valence-corrected chi connectivity index (χ0v) is 20.6. The molecular weight excluding hydrogens is 490 g/mol. The number of hydrogen-bond donors (Lipinski definition) is 1. The van der Waals surface area contributed by atoms with E-state index in [0.29, 0.717) is 28.2 Å². The van der Waals surface area contributed by atoms with Gasteiger partial charge in [0.25, 0.3) is 5.91 Å². The van der Waals surface area contributed by atoms with Crippen molar-refractivity contribution < 1.29 is 9.21 Å². The summed E-state index contributed by atoms with van der Waals surface area (Å²) in [5.41, 5.74) is 4.75. The molecule has 0 aliphatic carbocycles. The van der Waals surface area contributed by atoms with Crippen molar-refractivity contribution in [2.45, 2.75) is 13.8 Å². The summed E-state index contributed by atoms with van der Waals surface area (Å²) in [5.74, 6) is 0.391. The van der Waals surface area contributed by atoms with E-state index in [2.05, 4.69) is 57.1 Å². The van der Waals surface area contributed by atoms with Crippen molar-refractivity contribution in [1.29, 1.82) is 0 Å². The summed E-state index contributed by atoms with van der Waals surface area (Å²) in [4.78, 5) is 20.0. The SMILES string of the molecule is CCN(CC)c1ccc(-c2nc3cc(NC(=O)c4cccc5c(Br)cccc45)ccc3o2)cc1. The van der Waals surface area contributed by atoms with Crippen LogP contribution in [0.5, 0.6) is 0 Å². The van der Waals surface area contributed by atoms with Crippen LogP contribution in [0.3, 0.4) is 0 Å². The molecule has 0 fully saturated rings. The number of rotatable bonds is 6. The van der Waals surface area contributed by atoms with Gasteiger partial charge < -0.3 is 14.6 Å². The molecule has 1 amide bonds. The first-order valence-electron chi connectivity index (χ1n) is 11.3. The van der Waals surface area contributed by atoms with E-state index in [1.54, 1.807) is 0 Å². The second kappa shape index (κ2) is 9.31. The Hall–Kier alpha value is -3.64. The van der Waals surface area contributed by atoms with Gasteiger partial charge in [0.2, 0.25) is 5.89 Å². The van der Waals surface area contributed by atoms with Crippen LogP contribution >= 0.6 is 15.9 Å². The molecule has 0 unspecified atom stereocenters. The lowest BCUT2D eigenvalue weighted by atomic mass is 10.0. The summed E-state index contributed by atoms with van der Waals surface area (Å²) < 4.78 is 6.94. The average Bonchev–Trinajstić information content (AvgIpc) is 3.29. The Morgan fingerprint density at radius 2 is 1.68 bits per heavy atom. The minimum Gasteiger partial charge on any atom is -0.436 e. The summed E-state index contributed by atoms with van der Waals surface area (Å²) in [6.07, 6.45) is 0. The molecule has 6 heteroatoms. The third-order valence-corrected chi connectivity index (χ3v) is 6.69. The Kier molecular flexibility index (Phi) is 6.07. The molecule has 0 spiro atoms. The summed E-state index contributed by atoms with van der Waals surface area (Å²) in [6.45, 7) is 6.22. The molecule has 0 aliphatic rings. The molecule has 5 rings (SSSR count). The van der Waals surface area contributed by atoms with Crippen molar-refractivity contribution in [3.05, 3.63) is 88.9 Å². The maximum absolute atomic E-state index is 13.1. The molecule has 0 saturated heterocycles. The predicted octanol–water partition coefficient (Wildman–Crippen LogP) is 7.51. The number of anilines is 2. The summed E-state index contributed by atoms with van der Waals surface area (Å²) in [6, 6.07) is 25.3. The first-order chi connectivity index (χ1) is 16.6. The van der Waals surface area contributed by atoms with E-state index in [1.807, 2.05) is 66.7 Å². The van der Waals surface area contributed by atoms with Gasteiger partial charge >= 0.3 is 0 Å². The van der Waals surface area contributed by atoms with Gasteiger partial charge in [0.05, 0.1) is 0 Å². The van der Waals surface area contributed by atoms with Crippen LogP contribution in [0.1, 0.15) is 24.2 Å². The van der Waals surface area contributed by atoms with E-state index in [0.717, 1.165) is 33.9 Å². The number of carbonyl (C=O) groups is 1. The Labute approximate surface area is 206 Å². The number of fused-ring (bicyclic) bond motifs is 2. The normalized spacial score (nSPS) is 11.1. The number of carbonyl (C=O) groups excluding carboxylic acids is 1. The third kappa shape index (κ3) is 4.17. The van der Waals surface area contributed by atoms with E-state index in [9.17, 15) is 4.79 Å². The maximum atomic E-state index is 13.1. The fourth-order valence-electron chi connectivity index (χ4n) is 4.20. The van der Waals surface area contributed by atoms with Gasteiger partial charge in [-0.05, 0) is 79.2 Å². The number of aromatic nitrogens is 1. The molecule has 0 bridgehead atoms. The smallest absolute Gasteiger partial charge is 0.256 e. The molecule has 1 aromatic heterocycles. The lowest BCUT2D eigenvalue weighted by Crippen LogP contribution is -2.21. The molecule has 0 atom stereocenters. The Morgan fingerprint density at radius 1 is 0.941 bits per heavy atom. The maximum Gasteiger partial charge on any atom is 0.256 e. The monoisotopic (exact) mass is 513 g/mol. The zero-order chi connectivity index (χ0) is 23.7. The van der Waals surface area contributed by atoms with Crippen LogP contribution < -0.4 is 10.2 Å². The average molecular weight is 514 g/mol. The highest BCUT2D eigenvalue weighted by Crippen LogP contribution is 2.29. The minimum atomic E-state index is -0.168. The molecule has 170 valence electrons. The van der Waals surface area contributed by atoms with Crippen LogP contribution in [-0.2, 0) is 0 Å². The van der Waals surface area contributed by atoms with Crippen LogP contribution in [0.4, 0.5) is 11.4 Å². The van der Waals surface area contributed by atoms with E-state index < -0.39 is 0 Å². The zero-order valence-electron chi connectivity index (χ0n) is 19.0. The minimum absolute atomic E-state index is 0.168. The van der Waals surface area contributed by atoms with Gasteiger partial charge in [0.15, 0.2) is 5.58 Å². The first-order valence-corrected chi connectivity index (χ1v) is 12.1. The van der Waals surface area contributed by atoms with Crippen molar-refractivity contribution >= 4 is 55.1 Å². The highest BCUT2D eigenvalue weighted by atomic mass is 79.9. The second-order valence-electron chi connectivity index (χ2n) is 8.02. The summed E-state index contributed by atoms with van der Waals surface area (Å²) in [5, 5.41) is 4.90. The van der Waals surface area contributed by atoms with Gasteiger partial charge in [0, 0.05) is 40.1 Å². The van der Waals surface area contributed by atoms with Crippen molar-refractivity contribution in [3.63, 3.8) is 0 Å². The number of amides is 1. The molecule has 4 aromatic carbocycles. The lowest BCUT2D eigenvalue weighted by molar-refractivity contribution is 0.102. The molecule has 0 radical (unpaired) electrons. The van der Waals surface area contributed by atoms with Crippen molar-refractivity contribution in [2.24, 2.45) is 0 Å². The first kappa shape index (κ1) is 22.2. The van der Waals surface area contributed by atoms with Gasteiger partial charge in [-0.1, -0.05) is 40.2 Å². The van der Waals surface area contributed by atoms with Gasteiger partial charge in [-0.3, -0.25) is 4.79 Å². The Balaban J connectivity index is 1.40. The van der Waals surface area contributed by atoms with E-state index in [1.165, 1.54) is 5.69 Å². The fraction of sp³-hybridized carbons (Fsp3) is 0.143. The Bertz CT molecular complexity index is 1490. The lowest BCUT2D eigenvalue weighted by Gasteiger charge is -2.20. The number of nitrogens with one attached hydrogen (secondary N) is 1. The molecule has 1 N–H and O–H groups in total. The molecule has 5 aromatic rings. The van der Waals surface area contributed by atoms with E-state index >= 15 is 0 Å². The van der Waals surface area contributed by atoms with E-state index in [4.69, 9.17) is 4.42 Å². The van der Waals surface area contributed by atoms with Crippen LogP contribution in [0.15, 0.2) is 87.8 Å². The van der Waals surface area contributed by atoms with Gasteiger partial charge in [0.1, 0.15) is 5.52 Å². The summed E-state index contributed by atoms with van der Waals surface area (Å²) >= 11 is 3.56. The standard InChI is InChI=1S/C28H24BrN3O2/c1-3-32(4-2)20-14-11-18(12-15-20)28-31-25-17-19(13-16-26(25)34-28)30-27(33)23-9-5-8-22-21(23)7-6-10-24(22)29/h5-17H,3-4H2,1-2H3,(H,30,33). The molecular formula is C28H24BrN3O2. The molecule has 5 nitrogen and oxygen atoms in total. The van der Waals surface area contributed by atoms with Gasteiger partial charge in [-0.15, -0.1) is 0 Å². The Morgan fingerprint density at radius 3 is 2.44 bits per heavy atom. The van der Waals surface area contributed by atoms with Gasteiger partial charge in [-0.25, -0.2) is 4.98 Å². The molecule has 0 saturated carbocycles. The second-order valence-corrected chi connectivity index (χ2v) is 8.87. The van der Waals surface area contributed by atoms with Crippen LogP contribution in [0.2, 0.25) is 0 Å². The number of halogens is 1. The topological polar surface area (TPSA) is 58.4 Å². The number of nitrogens with zero attached hydrogens (tertiary/aromatic N) is 2. The van der Waals surface area contributed by atoms with Crippen molar-refractivity contribution in [3.8, 4) is 11.5 Å². The number of oxazole rings is 1. The number of benzene rings is 4. The summed E-state index contributed by atoms with van der Waals surface area (Å²) in [7, 11) is 0. The third-order valence-electron chi connectivity index (χ3n) is 6.00.